The highest BCUT2D eigenvalue weighted by Crippen LogP contribution is 2.26. The Bertz CT molecular complexity index is 923. The third-order valence-corrected chi connectivity index (χ3v) is 4.49. The van der Waals surface area contributed by atoms with Gasteiger partial charge >= 0.3 is 0 Å². The zero-order valence-corrected chi connectivity index (χ0v) is 14.2. The smallest absolute Gasteiger partial charge is 0.234 e. The summed E-state index contributed by atoms with van der Waals surface area (Å²) >= 11 is 1.16. The molecule has 1 aromatic carbocycles. The van der Waals surface area contributed by atoms with E-state index in [4.69, 9.17) is 4.42 Å². The Morgan fingerprint density at radius 3 is 2.80 bits per heavy atom. The number of carbonyl (C=O) groups is 1. The van der Waals surface area contributed by atoms with E-state index in [9.17, 15) is 13.6 Å². The number of benzene rings is 1. The predicted octanol–water partition coefficient (Wildman–Crippen LogP) is 3.39. The molecule has 25 heavy (non-hydrogen) atoms. The van der Waals surface area contributed by atoms with Crippen LogP contribution in [0.15, 0.2) is 40.1 Å². The first-order valence-electron chi connectivity index (χ1n) is 7.27. The lowest BCUT2D eigenvalue weighted by molar-refractivity contribution is -0.113. The summed E-state index contributed by atoms with van der Waals surface area (Å²) < 4.78 is 33.4. The second-order valence-electron chi connectivity index (χ2n) is 5.22. The molecule has 1 N–H and O–H groups in total. The van der Waals surface area contributed by atoms with Crippen LogP contribution in [-0.4, -0.2) is 26.4 Å². The van der Waals surface area contributed by atoms with Gasteiger partial charge in [-0.2, -0.15) is 0 Å². The molecule has 0 bridgehead atoms. The van der Waals surface area contributed by atoms with Crippen LogP contribution in [0.25, 0.3) is 11.4 Å². The van der Waals surface area contributed by atoms with Gasteiger partial charge in [0.2, 0.25) is 5.91 Å². The van der Waals surface area contributed by atoms with Gasteiger partial charge < -0.3 is 14.3 Å². The maximum atomic E-state index is 13.5. The molecule has 0 unspecified atom stereocenters. The molecule has 2 aromatic heterocycles. The molecule has 1 amide bonds. The topological polar surface area (TPSA) is 72.9 Å². The fraction of sp³-hybridized carbons (Fsp3) is 0.188. The number of aryl methyl sites for hydroxylation is 1. The Morgan fingerprint density at radius 1 is 1.32 bits per heavy atom. The Morgan fingerprint density at radius 2 is 2.12 bits per heavy atom. The molecule has 2 heterocycles. The van der Waals surface area contributed by atoms with Crippen LogP contribution in [0.4, 0.5) is 14.5 Å². The molecule has 0 atom stereocenters. The van der Waals surface area contributed by atoms with Crippen LogP contribution in [0.1, 0.15) is 5.76 Å². The number of rotatable bonds is 5. The minimum absolute atomic E-state index is 0.00710. The zero-order valence-electron chi connectivity index (χ0n) is 13.4. The normalized spacial score (nSPS) is 10.9. The van der Waals surface area contributed by atoms with Crippen molar-refractivity contribution in [3.05, 3.63) is 47.9 Å². The summed E-state index contributed by atoms with van der Waals surface area (Å²) in [6.45, 7) is 1.82. The summed E-state index contributed by atoms with van der Waals surface area (Å²) in [5.74, 6) is -0.608. The Hall–Kier alpha value is -2.68. The lowest BCUT2D eigenvalue weighted by atomic mass is 10.2. The van der Waals surface area contributed by atoms with Crippen LogP contribution >= 0.6 is 11.8 Å². The third-order valence-electron chi connectivity index (χ3n) is 3.47. The lowest BCUT2D eigenvalue weighted by Crippen LogP contribution is -2.15. The first-order valence-corrected chi connectivity index (χ1v) is 8.26. The Balaban J connectivity index is 1.65. The van der Waals surface area contributed by atoms with E-state index in [-0.39, 0.29) is 11.4 Å². The van der Waals surface area contributed by atoms with Crippen LogP contribution in [0.3, 0.4) is 0 Å². The first kappa shape index (κ1) is 17.2. The maximum absolute atomic E-state index is 13.5. The molecule has 3 aromatic rings. The van der Waals surface area contributed by atoms with E-state index in [0.29, 0.717) is 17.0 Å². The highest BCUT2D eigenvalue weighted by atomic mass is 32.2. The van der Waals surface area contributed by atoms with Crippen molar-refractivity contribution in [2.45, 2.75) is 12.1 Å². The molecule has 0 aliphatic carbocycles. The zero-order chi connectivity index (χ0) is 18.0. The standard InChI is InChI=1S/C16H14F2N4O2S/c1-9-11(5-6-24-9)15-20-21-16(22(15)2)25-8-14(23)19-13-4-3-10(17)7-12(13)18/h3-7H,8H2,1-2H3,(H,19,23). The molecule has 0 radical (unpaired) electrons. The fourth-order valence-corrected chi connectivity index (χ4v) is 2.91. The van der Waals surface area contributed by atoms with Gasteiger partial charge in [0, 0.05) is 13.1 Å². The number of hydrogen-bond donors (Lipinski definition) is 1. The van der Waals surface area contributed by atoms with Crippen LogP contribution < -0.4 is 5.32 Å². The predicted molar refractivity (Wildman–Crippen MR) is 89.2 cm³/mol. The van der Waals surface area contributed by atoms with Crippen molar-refractivity contribution in [2.24, 2.45) is 7.05 Å². The van der Waals surface area contributed by atoms with E-state index < -0.39 is 17.5 Å². The largest absolute Gasteiger partial charge is 0.469 e. The summed E-state index contributed by atoms with van der Waals surface area (Å²) in [4.78, 5) is 12.0. The van der Waals surface area contributed by atoms with Crippen LogP contribution in [0.2, 0.25) is 0 Å². The summed E-state index contributed by atoms with van der Waals surface area (Å²) in [6.07, 6.45) is 1.57. The number of nitrogens with zero attached hydrogens (tertiary/aromatic N) is 3. The van der Waals surface area contributed by atoms with Crippen molar-refractivity contribution in [3.63, 3.8) is 0 Å². The average Bonchev–Trinajstić information content (AvgIpc) is 3.14. The van der Waals surface area contributed by atoms with Crippen molar-refractivity contribution >= 4 is 23.4 Å². The van der Waals surface area contributed by atoms with E-state index >= 15 is 0 Å². The van der Waals surface area contributed by atoms with Crippen molar-refractivity contribution in [2.75, 3.05) is 11.1 Å². The van der Waals surface area contributed by atoms with E-state index in [0.717, 1.165) is 29.2 Å². The number of nitrogens with one attached hydrogen (secondary N) is 1. The number of carbonyl (C=O) groups excluding carboxylic acids is 1. The molecule has 9 heteroatoms. The minimum Gasteiger partial charge on any atom is -0.469 e. The lowest BCUT2D eigenvalue weighted by Gasteiger charge is -2.06. The Kier molecular flexibility index (Phi) is 4.84. The molecular formula is C16H14F2N4O2S. The monoisotopic (exact) mass is 364 g/mol. The van der Waals surface area contributed by atoms with Gasteiger partial charge in [0.05, 0.1) is 23.3 Å². The molecule has 0 aliphatic heterocycles. The van der Waals surface area contributed by atoms with E-state index in [1.54, 1.807) is 23.9 Å². The van der Waals surface area contributed by atoms with Gasteiger partial charge in [-0.3, -0.25) is 4.79 Å². The first-order chi connectivity index (χ1) is 12.0. The van der Waals surface area contributed by atoms with Gasteiger partial charge in [0.1, 0.15) is 17.4 Å². The number of hydrogen-bond acceptors (Lipinski definition) is 5. The summed E-state index contributed by atoms with van der Waals surface area (Å²) in [7, 11) is 1.78. The van der Waals surface area contributed by atoms with Crippen molar-refractivity contribution in [1.82, 2.24) is 14.8 Å². The number of halogens is 2. The van der Waals surface area contributed by atoms with E-state index in [2.05, 4.69) is 15.5 Å². The van der Waals surface area contributed by atoms with Gasteiger partial charge in [-0.25, -0.2) is 8.78 Å². The molecular weight excluding hydrogens is 350 g/mol. The average molecular weight is 364 g/mol. The molecule has 0 fully saturated rings. The van der Waals surface area contributed by atoms with Gasteiger partial charge in [-0.15, -0.1) is 10.2 Å². The van der Waals surface area contributed by atoms with Crippen LogP contribution in [0.5, 0.6) is 0 Å². The summed E-state index contributed by atoms with van der Waals surface area (Å²) in [6, 6.07) is 4.76. The van der Waals surface area contributed by atoms with E-state index in [1.165, 1.54) is 6.07 Å². The number of anilines is 1. The number of furan rings is 1. The SMILES string of the molecule is Cc1occc1-c1nnc(SCC(=O)Nc2ccc(F)cc2F)n1C. The third kappa shape index (κ3) is 3.71. The molecule has 0 spiro atoms. The van der Waals surface area contributed by atoms with Crippen LogP contribution in [-0.2, 0) is 11.8 Å². The second-order valence-corrected chi connectivity index (χ2v) is 6.16. The van der Waals surface area contributed by atoms with Gasteiger partial charge in [0.25, 0.3) is 0 Å². The van der Waals surface area contributed by atoms with E-state index in [1.807, 2.05) is 6.92 Å². The van der Waals surface area contributed by atoms with Crippen molar-refractivity contribution in [3.8, 4) is 11.4 Å². The van der Waals surface area contributed by atoms with Crippen LogP contribution in [0, 0.1) is 18.6 Å². The Labute approximate surface area is 146 Å². The molecule has 0 aliphatic rings. The highest BCUT2D eigenvalue weighted by Gasteiger charge is 2.16. The van der Waals surface area contributed by atoms with Gasteiger partial charge in [0.15, 0.2) is 11.0 Å². The maximum Gasteiger partial charge on any atom is 0.234 e. The number of amides is 1. The molecule has 3 rings (SSSR count). The number of thioether (sulfide) groups is 1. The molecule has 0 saturated heterocycles. The second kappa shape index (κ2) is 7.06. The number of aromatic nitrogens is 3. The van der Waals surface area contributed by atoms with Crippen molar-refractivity contribution in [1.29, 1.82) is 0 Å². The quantitative estimate of drug-likeness (QED) is 0.703. The van der Waals surface area contributed by atoms with Crippen molar-refractivity contribution < 1.29 is 18.0 Å². The fourth-order valence-electron chi connectivity index (χ4n) is 2.20. The minimum atomic E-state index is -0.824. The summed E-state index contributed by atoms with van der Waals surface area (Å²) in [5.41, 5.74) is 0.749. The van der Waals surface area contributed by atoms with Gasteiger partial charge in [-0.1, -0.05) is 11.8 Å². The molecule has 0 saturated carbocycles. The van der Waals surface area contributed by atoms with Gasteiger partial charge in [-0.05, 0) is 25.1 Å². The molecule has 130 valence electrons. The summed E-state index contributed by atoms with van der Waals surface area (Å²) in [5, 5.41) is 11.1. The molecule has 6 nitrogen and oxygen atoms in total. The highest BCUT2D eigenvalue weighted by molar-refractivity contribution is 7.99.